The first kappa shape index (κ1) is 21.4. The first-order valence-electron chi connectivity index (χ1n) is 9.76. The Kier molecular flexibility index (Phi) is 7.50. The Morgan fingerprint density at radius 3 is 2.77 bits per heavy atom. The lowest BCUT2D eigenvalue weighted by Crippen LogP contribution is -2.54. The molecule has 0 radical (unpaired) electrons. The SMILES string of the molecule is COCCNC(=O)CN1CCN(C(=O)CCc2nc(-c3ccccc3)no2)CC1=O. The standard InChI is InChI=1S/C20H25N5O5/c1-29-12-9-21-16(26)13-24-10-11-25(14-19(24)28)18(27)8-7-17-22-20(23-30-17)15-5-3-2-4-6-15/h2-6H,7-14H2,1H3,(H,21,26). The molecule has 0 spiro atoms. The molecule has 1 fully saturated rings. The van der Waals surface area contributed by atoms with Crippen molar-refractivity contribution in [2.75, 3.05) is 46.4 Å². The summed E-state index contributed by atoms with van der Waals surface area (Å²) in [6, 6.07) is 9.42. The molecule has 3 rings (SSSR count). The monoisotopic (exact) mass is 415 g/mol. The van der Waals surface area contributed by atoms with E-state index in [1.165, 1.54) is 9.80 Å². The summed E-state index contributed by atoms with van der Waals surface area (Å²) in [4.78, 5) is 43.9. The topological polar surface area (TPSA) is 118 Å². The Balaban J connectivity index is 1.43. The zero-order valence-corrected chi connectivity index (χ0v) is 16.9. The van der Waals surface area contributed by atoms with Crippen LogP contribution in [0.1, 0.15) is 12.3 Å². The van der Waals surface area contributed by atoms with E-state index in [9.17, 15) is 14.4 Å². The highest BCUT2D eigenvalue weighted by Crippen LogP contribution is 2.16. The van der Waals surface area contributed by atoms with Crippen LogP contribution in [0, 0.1) is 0 Å². The lowest BCUT2D eigenvalue weighted by Gasteiger charge is -2.34. The highest BCUT2D eigenvalue weighted by Gasteiger charge is 2.28. The van der Waals surface area contributed by atoms with Gasteiger partial charge in [-0.15, -0.1) is 0 Å². The van der Waals surface area contributed by atoms with Crippen LogP contribution in [-0.2, 0) is 25.5 Å². The number of amides is 3. The predicted molar refractivity (Wildman–Crippen MR) is 106 cm³/mol. The quantitative estimate of drug-likeness (QED) is 0.577. The summed E-state index contributed by atoms with van der Waals surface area (Å²) >= 11 is 0. The third-order valence-electron chi connectivity index (χ3n) is 4.69. The van der Waals surface area contributed by atoms with Crippen LogP contribution in [-0.4, -0.2) is 84.1 Å². The molecule has 160 valence electrons. The molecule has 10 heteroatoms. The minimum Gasteiger partial charge on any atom is -0.383 e. The van der Waals surface area contributed by atoms with Gasteiger partial charge < -0.3 is 24.4 Å². The molecule has 1 aliphatic rings. The maximum Gasteiger partial charge on any atom is 0.242 e. The Morgan fingerprint density at radius 2 is 2.03 bits per heavy atom. The van der Waals surface area contributed by atoms with Gasteiger partial charge in [0, 0.05) is 45.1 Å². The van der Waals surface area contributed by atoms with E-state index < -0.39 is 0 Å². The number of rotatable bonds is 9. The number of aryl methyl sites for hydroxylation is 1. The fourth-order valence-electron chi connectivity index (χ4n) is 3.04. The van der Waals surface area contributed by atoms with Gasteiger partial charge in [0.1, 0.15) is 0 Å². The first-order valence-corrected chi connectivity index (χ1v) is 9.76. The van der Waals surface area contributed by atoms with Gasteiger partial charge in [-0.05, 0) is 0 Å². The zero-order valence-electron chi connectivity index (χ0n) is 16.9. The van der Waals surface area contributed by atoms with E-state index in [2.05, 4.69) is 15.5 Å². The van der Waals surface area contributed by atoms with Crippen molar-refractivity contribution in [3.05, 3.63) is 36.2 Å². The molecule has 0 saturated carbocycles. The molecule has 1 N–H and O–H groups in total. The van der Waals surface area contributed by atoms with Crippen LogP contribution in [0.25, 0.3) is 11.4 Å². The summed E-state index contributed by atoms with van der Waals surface area (Å²) in [5, 5.41) is 6.61. The van der Waals surface area contributed by atoms with Gasteiger partial charge in [0.2, 0.25) is 29.4 Å². The number of benzene rings is 1. The van der Waals surface area contributed by atoms with E-state index in [0.717, 1.165) is 5.56 Å². The molecule has 0 bridgehead atoms. The van der Waals surface area contributed by atoms with E-state index >= 15 is 0 Å². The first-order chi connectivity index (χ1) is 14.6. The molecule has 2 aromatic rings. The third kappa shape index (κ3) is 5.86. The molecule has 3 amide bonds. The molecule has 2 heterocycles. The second-order valence-corrected chi connectivity index (χ2v) is 6.85. The number of hydrogen-bond acceptors (Lipinski definition) is 7. The lowest BCUT2D eigenvalue weighted by molar-refractivity contribution is -0.146. The van der Waals surface area contributed by atoms with Gasteiger partial charge in [0.15, 0.2) is 0 Å². The smallest absolute Gasteiger partial charge is 0.242 e. The molecule has 1 saturated heterocycles. The van der Waals surface area contributed by atoms with E-state index in [1.54, 1.807) is 7.11 Å². The van der Waals surface area contributed by atoms with Crippen molar-refractivity contribution in [1.82, 2.24) is 25.3 Å². The fraction of sp³-hybridized carbons (Fsp3) is 0.450. The normalized spacial score (nSPS) is 14.1. The van der Waals surface area contributed by atoms with Crippen molar-refractivity contribution >= 4 is 17.7 Å². The van der Waals surface area contributed by atoms with Crippen molar-refractivity contribution < 1.29 is 23.6 Å². The Hall–Kier alpha value is -3.27. The van der Waals surface area contributed by atoms with E-state index in [-0.39, 0.29) is 37.2 Å². The molecule has 1 aromatic carbocycles. The van der Waals surface area contributed by atoms with Gasteiger partial charge in [-0.1, -0.05) is 35.5 Å². The number of piperazine rings is 1. The molecule has 10 nitrogen and oxygen atoms in total. The summed E-state index contributed by atoms with van der Waals surface area (Å²) < 4.78 is 10.1. The summed E-state index contributed by atoms with van der Waals surface area (Å²) in [7, 11) is 1.55. The number of carbonyl (C=O) groups excluding carboxylic acids is 3. The van der Waals surface area contributed by atoms with Crippen LogP contribution in [0.5, 0.6) is 0 Å². The van der Waals surface area contributed by atoms with Crippen LogP contribution in [0.2, 0.25) is 0 Å². The van der Waals surface area contributed by atoms with Gasteiger partial charge in [0.05, 0.1) is 19.7 Å². The molecule has 0 unspecified atom stereocenters. The minimum absolute atomic E-state index is 0.0190. The molecular formula is C20H25N5O5. The van der Waals surface area contributed by atoms with Gasteiger partial charge in [0.25, 0.3) is 0 Å². The number of nitrogens with one attached hydrogen (secondary N) is 1. The van der Waals surface area contributed by atoms with Crippen LogP contribution in [0.15, 0.2) is 34.9 Å². The summed E-state index contributed by atoms with van der Waals surface area (Å²) in [5.74, 6) is 0.198. The Bertz CT molecular complexity index is 869. The Morgan fingerprint density at radius 1 is 1.23 bits per heavy atom. The van der Waals surface area contributed by atoms with Crippen LogP contribution >= 0.6 is 0 Å². The highest BCUT2D eigenvalue weighted by atomic mass is 16.5. The maximum absolute atomic E-state index is 12.5. The van der Waals surface area contributed by atoms with Gasteiger partial charge in [-0.3, -0.25) is 14.4 Å². The number of methoxy groups -OCH3 is 1. The van der Waals surface area contributed by atoms with Crippen LogP contribution in [0.4, 0.5) is 0 Å². The second-order valence-electron chi connectivity index (χ2n) is 6.85. The van der Waals surface area contributed by atoms with Crippen LogP contribution in [0.3, 0.4) is 0 Å². The van der Waals surface area contributed by atoms with E-state index in [0.29, 0.717) is 44.4 Å². The highest BCUT2D eigenvalue weighted by molar-refractivity contribution is 5.89. The summed E-state index contributed by atoms with van der Waals surface area (Å²) in [6.07, 6.45) is 0.468. The number of carbonyl (C=O) groups is 3. The summed E-state index contributed by atoms with van der Waals surface area (Å²) in [6.45, 7) is 1.45. The number of ether oxygens (including phenoxy) is 1. The third-order valence-corrected chi connectivity index (χ3v) is 4.69. The van der Waals surface area contributed by atoms with Crippen LogP contribution < -0.4 is 5.32 Å². The fourth-order valence-corrected chi connectivity index (χ4v) is 3.04. The van der Waals surface area contributed by atoms with Crippen molar-refractivity contribution in [2.24, 2.45) is 0 Å². The largest absolute Gasteiger partial charge is 0.383 e. The van der Waals surface area contributed by atoms with E-state index in [4.69, 9.17) is 9.26 Å². The van der Waals surface area contributed by atoms with E-state index in [1.807, 2.05) is 30.3 Å². The predicted octanol–water partition coefficient (Wildman–Crippen LogP) is 0.103. The van der Waals surface area contributed by atoms with Crippen molar-refractivity contribution in [3.8, 4) is 11.4 Å². The number of aromatic nitrogens is 2. The van der Waals surface area contributed by atoms with Gasteiger partial charge in [-0.2, -0.15) is 4.98 Å². The van der Waals surface area contributed by atoms with Crippen molar-refractivity contribution in [1.29, 1.82) is 0 Å². The average molecular weight is 415 g/mol. The average Bonchev–Trinajstić information content (AvgIpc) is 3.23. The zero-order chi connectivity index (χ0) is 21.3. The number of nitrogens with zero attached hydrogens (tertiary/aromatic N) is 4. The van der Waals surface area contributed by atoms with Crippen molar-refractivity contribution in [2.45, 2.75) is 12.8 Å². The second kappa shape index (κ2) is 10.5. The molecule has 30 heavy (non-hydrogen) atoms. The summed E-state index contributed by atoms with van der Waals surface area (Å²) in [5.41, 5.74) is 0.840. The molecule has 0 atom stereocenters. The van der Waals surface area contributed by atoms with Gasteiger partial charge in [-0.25, -0.2) is 0 Å². The van der Waals surface area contributed by atoms with Gasteiger partial charge >= 0.3 is 0 Å². The Labute approximate surface area is 174 Å². The minimum atomic E-state index is -0.249. The maximum atomic E-state index is 12.5. The molecule has 1 aromatic heterocycles. The molecule has 1 aliphatic heterocycles. The number of hydrogen-bond donors (Lipinski definition) is 1. The lowest BCUT2D eigenvalue weighted by atomic mass is 10.2. The van der Waals surface area contributed by atoms with Crippen molar-refractivity contribution in [3.63, 3.8) is 0 Å². The molecular weight excluding hydrogens is 390 g/mol. The molecule has 0 aliphatic carbocycles.